The molecule has 1 aromatic heterocycles. The van der Waals surface area contributed by atoms with Gasteiger partial charge in [0, 0.05) is 29.2 Å². The SMILES string of the molecule is O=S(=O)(Cl)c1ccc2nc(N3CCOCC3)ccc2c1. The number of hydrogen-bond donors (Lipinski definition) is 0. The lowest BCUT2D eigenvalue weighted by Gasteiger charge is -2.27. The minimum Gasteiger partial charge on any atom is -0.378 e. The van der Waals surface area contributed by atoms with Crippen LogP contribution in [0, 0.1) is 0 Å². The number of morpholine rings is 1. The summed E-state index contributed by atoms with van der Waals surface area (Å²) in [6.07, 6.45) is 0. The van der Waals surface area contributed by atoms with E-state index in [2.05, 4.69) is 9.88 Å². The highest BCUT2D eigenvalue weighted by Crippen LogP contribution is 2.23. The van der Waals surface area contributed by atoms with Gasteiger partial charge in [0.15, 0.2) is 0 Å². The van der Waals surface area contributed by atoms with E-state index in [4.69, 9.17) is 15.4 Å². The molecule has 1 aliphatic rings. The molecule has 0 radical (unpaired) electrons. The Kier molecular flexibility index (Phi) is 3.54. The molecule has 2 heterocycles. The van der Waals surface area contributed by atoms with Gasteiger partial charge in [0.2, 0.25) is 0 Å². The highest BCUT2D eigenvalue weighted by Gasteiger charge is 2.14. The number of nitrogens with zero attached hydrogens (tertiary/aromatic N) is 2. The van der Waals surface area contributed by atoms with Gasteiger partial charge in [0.1, 0.15) is 5.82 Å². The van der Waals surface area contributed by atoms with Gasteiger partial charge in [-0.1, -0.05) is 0 Å². The summed E-state index contributed by atoms with van der Waals surface area (Å²) >= 11 is 0. The van der Waals surface area contributed by atoms with Gasteiger partial charge in [0.25, 0.3) is 9.05 Å². The lowest BCUT2D eigenvalue weighted by molar-refractivity contribution is 0.122. The summed E-state index contributed by atoms with van der Waals surface area (Å²) in [6, 6.07) is 8.43. The fourth-order valence-corrected chi connectivity index (χ4v) is 3.00. The third kappa shape index (κ3) is 2.72. The fraction of sp³-hybridized carbons (Fsp3) is 0.308. The summed E-state index contributed by atoms with van der Waals surface area (Å²) in [4.78, 5) is 6.79. The monoisotopic (exact) mass is 312 g/mol. The van der Waals surface area contributed by atoms with Crippen molar-refractivity contribution in [2.45, 2.75) is 4.90 Å². The summed E-state index contributed by atoms with van der Waals surface area (Å²) in [7, 11) is 1.63. The molecule has 1 aromatic carbocycles. The molecule has 0 unspecified atom stereocenters. The Bertz CT molecular complexity index is 742. The second kappa shape index (κ2) is 5.20. The van der Waals surface area contributed by atoms with Crippen LogP contribution in [0.3, 0.4) is 0 Å². The van der Waals surface area contributed by atoms with Gasteiger partial charge in [-0.25, -0.2) is 13.4 Å². The lowest BCUT2D eigenvalue weighted by atomic mass is 10.2. The van der Waals surface area contributed by atoms with Crippen LogP contribution in [-0.2, 0) is 13.8 Å². The number of fused-ring (bicyclic) bond motifs is 1. The normalized spacial score (nSPS) is 16.6. The van der Waals surface area contributed by atoms with Gasteiger partial charge in [-0.2, -0.15) is 0 Å². The van der Waals surface area contributed by atoms with Gasteiger partial charge in [-0.3, -0.25) is 0 Å². The van der Waals surface area contributed by atoms with Crippen molar-refractivity contribution in [2.24, 2.45) is 0 Å². The van der Waals surface area contributed by atoms with Gasteiger partial charge in [-0.15, -0.1) is 0 Å². The molecule has 2 aromatic rings. The smallest absolute Gasteiger partial charge is 0.261 e. The maximum Gasteiger partial charge on any atom is 0.261 e. The molecule has 20 heavy (non-hydrogen) atoms. The molecule has 0 aliphatic carbocycles. The molecule has 0 N–H and O–H groups in total. The quantitative estimate of drug-likeness (QED) is 0.794. The van der Waals surface area contributed by atoms with Crippen LogP contribution < -0.4 is 4.90 Å². The average Bonchev–Trinajstić information content (AvgIpc) is 2.46. The molecule has 0 atom stereocenters. The second-order valence-electron chi connectivity index (χ2n) is 4.56. The maximum absolute atomic E-state index is 11.3. The van der Waals surface area contributed by atoms with Gasteiger partial charge < -0.3 is 9.64 Å². The van der Waals surface area contributed by atoms with E-state index >= 15 is 0 Å². The molecule has 3 rings (SSSR count). The third-order valence-electron chi connectivity index (χ3n) is 3.26. The molecule has 0 amide bonds. The molecular formula is C13H13ClN2O3S. The van der Waals surface area contributed by atoms with Crippen molar-refractivity contribution >= 4 is 36.5 Å². The van der Waals surface area contributed by atoms with E-state index in [-0.39, 0.29) is 4.90 Å². The van der Waals surface area contributed by atoms with Crippen molar-refractivity contribution in [3.8, 4) is 0 Å². The zero-order valence-corrected chi connectivity index (χ0v) is 12.2. The van der Waals surface area contributed by atoms with Crippen LogP contribution in [0.2, 0.25) is 0 Å². The van der Waals surface area contributed by atoms with E-state index in [1.54, 1.807) is 6.07 Å². The zero-order chi connectivity index (χ0) is 14.2. The van der Waals surface area contributed by atoms with Gasteiger partial charge in [0.05, 0.1) is 23.6 Å². The average molecular weight is 313 g/mol. The Morgan fingerprint density at radius 3 is 2.60 bits per heavy atom. The number of aromatic nitrogens is 1. The zero-order valence-electron chi connectivity index (χ0n) is 10.6. The largest absolute Gasteiger partial charge is 0.378 e. The molecule has 0 spiro atoms. The molecule has 1 aliphatic heterocycles. The van der Waals surface area contributed by atoms with Crippen LogP contribution in [0.1, 0.15) is 0 Å². The first-order valence-electron chi connectivity index (χ1n) is 6.22. The van der Waals surface area contributed by atoms with E-state index in [0.29, 0.717) is 13.2 Å². The number of benzene rings is 1. The lowest BCUT2D eigenvalue weighted by Crippen LogP contribution is -2.36. The second-order valence-corrected chi connectivity index (χ2v) is 7.13. The molecule has 0 saturated carbocycles. The first-order chi connectivity index (χ1) is 9.54. The van der Waals surface area contributed by atoms with E-state index < -0.39 is 9.05 Å². The van der Waals surface area contributed by atoms with Crippen molar-refractivity contribution in [1.29, 1.82) is 0 Å². The Morgan fingerprint density at radius 1 is 1.15 bits per heavy atom. The van der Waals surface area contributed by atoms with E-state index in [0.717, 1.165) is 29.8 Å². The summed E-state index contributed by atoms with van der Waals surface area (Å²) < 4.78 is 27.9. The number of halogens is 1. The first kappa shape index (κ1) is 13.6. The predicted molar refractivity (Wildman–Crippen MR) is 77.8 cm³/mol. The number of pyridine rings is 1. The van der Waals surface area contributed by atoms with Gasteiger partial charge in [-0.05, 0) is 30.3 Å². The molecule has 5 nitrogen and oxygen atoms in total. The number of anilines is 1. The number of rotatable bonds is 2. The molecule has 106 valence electrons. The van der Waals surface area contributed by atoms with E-state index in [1.165, 1.54) is 12.1 Å². The Labute approximate surface area is 121 Å². The van der Waals surface area contributed by atoms with Crippen molar-refractivity contribution in [3.05, 3.63) is 30.3 Å². The topological polar surface area (TPSA) is 59.5 Å². The fourth-order valence-electron chi connectivity index (χ4n) is 2.21. The highest BCUT2D eigenvalue weighted by molar-refractivity contribution is 8.13. The molecular weight excluding hydrogens is 300 g/mol. The maximum atomic E-state index is 11.3. The Morgan fingerprint density at radius 2 is 1.90 bits per heavy atom. The van der Waals surface area contributed by atoms with Crippen molar-refractivity contribution < 1.29 is 13.2 Å². The third-order valence-corrected chi connectivity index (χ3v) is 4.61. The van der Waals surface area contributed by atoms with Gasteiger partial charge >= 0.3 is 0 Å². The van der Waals surface area contributed by atoms with Crippen LogP contribution in [0.4, 0.5) is 5.82 Å². The molecule has 0 bridgehead atoms. The molecule has 1 fully saturated rings. The summed E-state index contributed by atoms with van der Waals surface area (Å²) in [6.45, 7) is 3.02. The van der Waals surface area contributed by atoms with E-state index in [9.17, 15) is 8.42 Å². The Hall–Kier alpha value is -1.37. The van der Waals surface area contributed by atoms with Crippen LogP contribution in [0.25, 0.3) is 10.9 Å². The predicted octanol–water partition coefficient (Wildman–Crippen LogP) is 2.00. The van der Waals surface area contributed by atoms with Crippen molar-refractivity contribution in [2.75, 3.05) is 31.2 Å². The minimum atomic E-state index is -3.71. The van der Waals surface area contributed by atoms with Crippen LogP contribution in [-0.4, -0.2) is 39.7 Å². The Balaban J connectivity index is 2.00. The van der Waals surface area contributed by atoms with Crippen molar-refractivity contribution in [3.63, 3.8) is 0 Å². The molecule has 1 saturated heterocycles. The van der Waals surface area contributed by atoms with Crippen molar-refractivity contribution in [1.82, 2.24) is 4.98 Å². The minimum absolute atomic E-state index is 0.0904. The summed E-state index contributed by atoms with van der Waals surface area (Å²) in [5.74, 6) is 0.877. The number of hydrogen-bond acceptors (Lipinski definition) is 5. The number of ether oxygens (including phenoxy) is 1. The van der Waals surface area contributed by atoms with Crippen LogP contribution in [0.15, 0.2) is 35.2 Å². The molecule has 7 heteroatoms. The standard InChI is InChI=1S/C13H13ClN2O3S/c14-20(17,18)11-2-3-12-10(9-11)1-4-13(15-12)16-5-7-19-8-6-16/h1-4,9H,5-8H2. The van der Waals surface area contributed by atoms with Crippen LogP contribution >= 0.6 is 10.7 Å². The van der Waals surface area contributed by atoms with E-state index in [1.807, 2.05) is 12.1 Å². The summed E-state index contributed by atoms with van der Waals surface area (Å²) in [5.41, 5.74) is 0.748. The highest BCUT2D eigenvalue weighted by atomic mass is 35.7. The summed E-state index contributed by atoms with van der Waals surface area (Å²) in [5, 5.41) is 0.753. The van der Waals surface area contributed by atoms with Crippen LogP contribution in [0.5, 0.6) is 0 Å². The first-order valence-corrected chi connectivity index (χ1v) is 8.53.